The van der Waals surface area contributed by atoms with Crippen LogP contribution >= 0.6 is 13.9 Å². The van der Waals surface area contributed by atoms with E-state index in [1.807, 2.05) is 0 Å². The Kier molecular flexibility index (Phi) is 2.85. The first kappa shape index (κ1) is 18.7. The molecule has 12 heteroatoms. The molecular formula is C24H13B7N2OP2-. The summed E-state index contributed by atoms with van der Waals surface area (Å²) < 4.78 is 15.0. The van der Waals surface area contributed by atoms with E-state index in [4.69, 9.17) is 9.25 Å². The minimum atomic E-state index is -2.33. The molecule has 36 heavy (non-hydrogen) atoms. The summed E-state index contributed by atoms with van der Waals surface area (Å²) in [6, 6.07) is 29.1. The van der Waals surface area contributed by atoms with Crippen LogP contribution in [-0.2, 0) is 0 Å². The SMILES string of the molecule is [B]1B2[B-]P12(N=[P+]1B2[B-]B21)c1cccc2c1B1c3c(cccc3-n3c4ccccc4c4cccc1c43)O2. The van der Waals surface area contributed by atoms with Gasteiger partial charge in [-0.25, -0.2) is 0 Å². The van der Waals surface area contributed by atoms with Crippen LogP contribution in [0.5, 0.6) is 11.5 Å². The molecule has 3 nitrogen and oxygen atoms in total. The van der Waals surface area contributed by atoms with Gasteiger partial charge in [-0.05, 0) is 0 Å². The van der Waals surface area contributed by atoms with Gasteiger partial charge in [-0.1, -0.05) is 0 Å². The van der Waals surface area contributed by atoms with E-state index in [2.05, 4.69) is 104 Å². The summed E-state index contributed by atoms with van der Waals surface area (Å²) in [4.78, 5) is 0. The molecule has 0 spiro atoms. The molecule has 5 aromatic rings. The molecule has 6 aliphatic rings. The van der Waals surface area contributed by atoms with E-state index >= 15 is 0 Å². The third-order valence-corrected chi connectivity index (χ3v) is 18.0. The fourth-order valence-corrected chi connectivity index (χ4v) is 16.8. The second-order valence-corrected chi connectivity index (χ2v) is 18.1. The molecular weight excluding hydrogens is 470 g/mol. The van der Waals surface area contributed by atoms with E-state index in [1.165, 1.54) is 49.2 Å². The summed E-state index contributed by atoms with van der Waals surface area (Å²) in [6.45, 7) is 5.40. The van der Waals surface area contributed by atoms with Gasteiger partial charge >= 0.3 is 213 Å². The van der Waals surface area contributed by atoms with E-state index in [0.717, 1.165) is 23.9 Å². The molecule has 4 saturated heterocycles. The molecule has 0 aliphatic carbocycles. The van der Waals surface area contributed by atoms with Crippen LogP contribution in [0.2, 0.25) is 0 Å². The van der Waals surface area contributed by atoms with Crippen LogP contribution < -0.4 is 26.4 Å². The Morgan fingerprint density at radius 2 is 1.61 bits per heavy atom. The van der Waals surface area contributed by atoms with E-state index < -0.39 is 6.39 Å². The molecule has 7 heterocycles. The van der Waals surface area contributed by atoms with Crippen LogP contribution in [0.15, 0.2) is 83.4 Å². The standard InChI is InChI=1S/C24H13B7N2OP2/c1-2-9-17-14(6-1)15-7-3-8-16-24(15)33(17)18-10-4-11-19-22(18)28(16)23-20(34-19)12-5-13-21(23)36(26-29(36)27-36)32-35-30-25-31(30)35/h1-13H/q-1. The van der Waals surface area contributed by atoms with Gasteiger partial charge in [-0.2, -0.15) is 0 Å². The van der Waals surface area contributed by atoms with Gasteiger partial charge < -0.3 is 0 Å². The first-order valence-corrected chi connectivity index (χ1v) is 16.7. The summed E-state index contributed by atoms with van der Waals surface area (Å²) in [5.74, 6) is 2.02. The molecule has 11 rings (SSSR count). The van der Waals surface area contributed by atoms with E-state index in [9.17, 15) is 0 Å². The number of hydrogen-bond acceptors (Lipinski definition) is 2. The Bertz CT molecular complexity index is 1980. The first-order valence-electron chi connectivity index (χ1n) is 12.8. The van der Waals surface area contributed by atoms with Crippen molar-refractivity contribution in [3.63, 3.8) is 0 Å². The second kappa shape index (κ2) is 5.50. The molecule has 0 amide bonds. The molecule has 0 unspecified atom stereocenters. The van der Waals surface area contributed by atoms with Crippen LogP contribution in [0.3, 0.4) is 0 Å². The number of nitrogens with zero attached hydrogens (tertiary/aromatic N) is 2. The quantitative estimate of drug-likeness (QED) is 0.275. The zero-order valence-corrected chi connectivity index (χ0v) is 21.0. The van der Waals surface area contributed by atoms with E-state index in [-0.39, 0.29) is 14.2 Å². The van der Waals surface area contributed by atoms with Gasteiger partial charge in [0, 0.05) is 0 Å². The van der Waals surface area contributed by atoms with Crippen LogP contribution in [-0.4, -0.2) is 50.8 Å². The second-order valence-electron chi connectivity index (χ2n) is 11.2. The molecule has 4 aromatic carbocycles. The summed E-state index contributed by atoms with van der Waals surface area (Å²) >= 11 is 0. The van der Waals surface area contributed by atoms with E-state index in [0.29, 0.717) is 6.21 Å². The summed E-state index contributed by atoms with van der Waals surface area (Å²) in [5.41, 5.74) is 7.95. The van der Waals surface area contributed by atoms with Crippen molar-refractivity contribution < 1.29 is 4.74 Å². The molecule has 0 atom stereocenters. The fraction of sp³-hybridized carbons (Fsp3) is 0. The zero-order chi connectivity index (χ0) is 23.0. The first-order chi connectivity index (χ1) is 17.8. The van der Waals surface area contributed by atoms with Crippen molar-refractivity contribution in [3.05, 3.63) is 78.9 Å². The Morgan fingerprint density at radius 3 is 2.42 bits per heavy atom. The van der Waals surface area contributed by atoms with Crippen molar-refractivity contribution in [2.75, 3.05) is 0 Å². The number of rotatable bonds is 2. The van der Waals surface area contributed by atoms with Gasteiger partial charge in [0.15, 0.2) is 0 Å². The van der Waals surface area contributed by atoms with Crippen LogP contribution in [0, 0.1) is 0 Å². The fourth-order valence-electron chi connectivity index (χ4n) is 7.40. The Balaban J connectivity index is 1.28. The molecule has 1 aromatic heterocycles. The monoisotopic (exact) mass is 484 g/mol. The van der Waals surface area contributed by atoms with Crippen LogP contribution in [0.1, 0.15) is 0 Å². The minimum absolute atomic E-state index is 0.118. The molecule has 5 radical (unpaired) electrons. The molecule has 0 saturated carbocycles. The number of fused-ring (bicyclic) bond motifs is 9. The summed E-state index contributed by atoms with van der Waals surface area (Å²) in [5, 5.41) is 4.14. The topological polar surface area (TPSA) is 26.5 Å². The van der Waals surface area contributed by atoms with Crippen LogP contribution in [0.25, 0.3) is 27.5 Å². The van der Waals surface area contributed by atoms with Gasteiger partial charge in [0.25, 0.3) is 0 Å². The van der Waals surface area contributed by atoms with E-state index in [1.54, 1.807) is 0 Å². The maximum atomic E-state index is 6.74. The van der Waals surface area contributed by atoms with Crippen molar-refractivity contribution >= 4 is 104 Å². The Morgan fingerprint density at radius 1 is 0.861 bits per heavy atom. The zero-order valence-electron chi connectivity index (χ0n) is 19.2. The molecule has 0 N–H and O–H groups in total. The maximum absolute atomic E-state index is 6.74. The van der Waals surface area contributed by atoms with Crippen LogP contribution in [0.4, 0.5) is 0 Å². The number of ether oxygens (including phenoxy) is 1. The summed E-state index contributed by atoms with van der Waals surface area (Å²) in [6.07, 6.45) is -0.0443. The number of para-hydroxylation sites is 2. The van der Waals surface area contributed by atoms with Crippen molar-refractivity contribution in [1.82, 2.24) is 4.57 Å². The predicted molar refractivity (Wildman–Crippen MR) is 162 cm³/mol. The Labute approximate surface area is 212 Å². The number of benzene rings is 4. The van der Waals surface area contributed by atoms with Gasteiger partial charge in [0.1, 0.15) is 0 Å². The molecule has 0 bridgehead atoms. The number of hydrogen-bond donors (Lipinski definition) is 0. The summed E-state index contributed by atoms with van der Waals surface area (Å²) in [7, 11) is 2.37. The third-order valence-electron chi connectivity index (χ3n) is 9.49. The van der Waals surface area contributed by atoms with Crippen molar-refractivity contribution in [2.45, 2.75) is 0 Å². The van der Waals surface area contributed by atoms with Crippen molar-refractivity contribution in [1.29, 1.82) is 0 Å². The molecule has 6 aliphatic heterocycles. The normalized spacial score (nSPS) is 21.9. The predicted octanol–water partition coefficient (Wildman–Crippen LogP) is 2.51. The molecule has 4 fully saturated rings. The van der Waals surface area contributed by atoms with Gasteiger partial charge in [-0.15, -0.1) is 0 Å². The van der Waals surface area contributed by atoms with Gasteiger partial charge in [0.2, 0.25) is 0 Å². The van der Waals surface area contributed by atoms with Crippen molar-refractivity contribution in [2.24, 2.45) is 4.52 Å². The third kappa shape index (κ3) is 1.89. The molecule has 157 valence electrons. The average Bonchev–Trinajstić information content (AvgIpc) is 3.81. The average molecular weight is 483 g/mol. The Hall–Kier alpha value is -2.54. The number of aromatic nitrogens is 1. The van der Waals surface area contributed by atoms with Gasteiger partial charge in [0.05, 0.1) is 0 Å². The van der Waals surface area contributed by atoms with Crippen molar-refractivity contribution in [3.8, 4) is 17.2 Å². The van der Waals surface area contributed by atoms with Gasteiger partial charge in [-0.3, -0.25) is 0 Å².